The van der Waals surface area contributed by atoms with Crippen LogP contribution in [0.2, 0.25) is 0 Å². The van der Waals surface area contributed by atoms with Gasteiger partial charge in [-0.1, -0.05) is 5.21 Å². The van der Waals surface area contributed by atoms with E-state index < -0.39 is 24.4 Å². The molecular weight excluding hydrogens is 318 g/mol. The molecule has 0 aromatic carbocycles. The minimum atomic E-state index is -1.12. The fraction of sp³-hybridized carbons (Fsp3) is 0.786. The maximum Gasteiger partial charge on any atom is 0.222 e. The second kappa shape index (κ2) is 9.04. The van der Waals surface area contributed by atoms with Gasteiger partial charge in [0.05, 0.1) is 31.4 Å². The van der Waals surface area contributed by atoms with Crippen molar-refractivity contribution in [3.05, 3.63) is 11.9 Å². The van der Waals surface area contributed by atoms with Crippen LogP contribution in [0.1, 0.15) is 12.1 Å². The molecule has 0 spiro atoms. The Morgan fingerprint density at radius 3 is 2.88 bits per heavy atom. The Morgan fingerprint density at radius 1 is 1.42 bits per heavy atom. The first-order valence-corrected chi connectivity index (χ1v) is 7.86. The van der Waals surface area contributed by atoms with Crippen LogP contribution < -0.4 is 10.6 Å². The van der Waals surface area contributed by atoms with Crippen molar-refractivity contribution in [1.29, 1.82) is 0 Å². The molecule has 1 saturated heterocycles. The molecular formula is C14H25N5O5. The Morgan fingerprint density at radius 2 is 2.17 bits per heavy atom. The molecule has 0 bridgehead atoms. The molecule has 1 aliphatic heterocycles. The van der Waals surface area contributed by atoms with E-state index >= 15 is 0 Å². The van der Waals surface area contributed by atoms with Crippen LogP contribution in [0.5, 0.6) is 0 Å². The molecule has 1 aromatic rings. The van der Waals surface area contributed by atoms with E-state index in [2.05, 4.69) is 20.9 Å². The Labute approximate surface area is 140 Å². The number of aromatic nitrogens is 3. The standard InChI is InChI=1S/C14H25N5O5/c1-15-6-9-7-19(18-17-9)8-11-14(22)13(21)10(24-11)5-12(20)16-3-4-23-2/h7,10-11,13-15,21-22H,3-6,8H2,1-2H3,(H,16,20)/t10-,11-,13-,14+/m0/s1. The molecule has 4 N–H and O–H groups in total. The summed E-state index contributed by atoms with van der Waals surface area (Å²) in [5, 5.41) is 33.8. The normalized spacial score (nSPS) is 26.7. The molecule has 2 rings (SSSR count). The highest BCUT2D eigenvalue weighted by Crippen LogP contribution is 2.24. The second-order valence-electron chi connectivity index (χ2n) is 5.70. The Kier molecular flexibility index (Phi) is 7.06. The van der Waals surface area contributed by atoms with E-state index in [-0.39, 0.29) is 18.9 Å². The lowest BCUT2D eigenvalue weighted by atomic mass is 10.1. The van der Waals surface area contributed by atoms with Gasteiger partial charge in [0.1, 0.15) is 18.3 Å². The van der Waals surface area contributed by atoms with E-state index in [9.17, 15) is 15.0 Å². The number of hydrogen-bond acceptors (Lipinski definition) is 8. The van der Waals surface area contributed by atoms with Crippen molar-refractivity contribution in [2.75, 3.05) is 27.3 Å². The van der Waals surface area contributed by atoms with Crippen LogP contribution in [0.4, 0.5) is 0 Å². The van der Waals surface area contributed by atoms with Crippen molar-refractivity contribution in [1.82, 2.24) is 25.6 Å². The third-order valence-electron chi connectivity index (χ3n) is 3.79. The molecule has 1 aromatic heterocycles. The van der Waals surface area contributed by atoms with Crippen molar-refractivity contribution in [3.8, 4) is 0 Å². The van der Waals surface area contributed by atoms with Crippen molar-refractivity contribution in [3.63, 3.8) is 0 Å². The number of carbonyl (C=O) groups is 1. The molecule has 0 unspecified atom stereocenters. The van der Waals surface area contributed by atoms with Crippen LogP contribution in [0, 0.1) is 0 Å². The number of aliphatic hydroxyl groups is 2. The van der Waals surface area contributed by atoms with Gasteiger partial charge >= 0.3 is 0 Å². The lowest BCUT2D eigenvalue weighted by Gasteiger charge is -2.14. The van der Waals surface area contributed by atoms with Crippen LogP contribution in [0.25, 0.3) is 0 Å². The van der Waals surface area contributed by atoms with E-state index in [1.54, 1.807) is 18.0 Å². The first-order chi connectivity index (χ1) is 11.5. The SMILES string of the molecule is CNCc1cn(C[C@@H]2O[C@@H](CC(=O)NCCOC)[C@H](O)[C@@H]2O)nn1. The van der Waals surface area contributed by atoms with Crippen LogP contribution >= 0.6 is 0 Å². The van der Waals surface area contributed by atoms with Crippen LogP contribution in [0.15, 0.2) is 6.20 Å². The van der Waals surface area contributed by atoms with Gasteiger partial charge in [-0.2, -0.15) is 0 Å². The molecule has 24 heavy (non-hydrogen) atoms. The van der Waals surface area contributed by atoms with E-state index in [0.29, 0.717) is 19.7 Å². The summed E-state index contributed by atoms with van der Waals surface area (Å²) in [4.78, 5) is 11.8. The highest BCUT2D eigenvalue weighted by atomic mass is 16.5. The smallest absolute Gasteiger partial charge is 0.222 e. The number of carbonyl (C=O) groups excluding carboxylic acids is 1. The maximum atomic E-state index is 11.8. The van der Waals surface area contributed by atoms with Crippen LogP contribution in [0.3, 0.4) is 0 Å². The van der Waals surface area contributed by atoms with Gasteiger partial charge in [0.25, 0.3) is 0 Å². The Bertz CT molecular complexity index is 525. The number of nitrogens with one attached hydrogen (secondary N) is 2. The molecule has 1 amide bonds. The maximum absolute atomic E-state index is 11.8. The summed E-state index contributed by atoms with van der Waals surface area (Å²) >= 11 is 0. The quantitative estimate of drug-likeness (QED) is 0.366. The third kappa shape index (κ3) is 4.95. The second-order valence-corrected chi connectivity index (χ2v) is 5.70. The third-order valence-corrected chi connectivity index (χ3v) is 3.79. The molecule has 0 saturated carbocycles. The highest BCUT2D eigenvalue weighted by Gasteiger charge is 2.43. The van der Waals surface area contributed by atoms with Crippen LogP contribution in [-0.2, 0) is 27.4 Å². The average molecular weight is 343 g/mol. The van der Waals surface area contributed by atoms with E-state index in [0.717, 1.165) is 5.69 Å². The van der Waals surface area contributed by atoms with Gasteiger partial charge < -0.3 is 30.3 Å². The first-order valence-electron chi connectivity index (χ1n) is 7.86. The van der Waals surface area contributed by atoms with Gasteiger partial charge in [-0.3, -0.25) is 4.79 Å². The van der Waals surface area contributed by atoms with Crippen molar-refractivity contribution < 1.29 is 24.5 Å². The monoisotopic (exact) mass is 343 g/mol. The van der Waals surface area contributed by atoms with Gasteiger partial charge in [0.15, 0.2) is 0 Å². The van der Waals surface area contributed by atoms with Gasteiger partial charge in [-0.15, -0.1) is 5.10 Å². The number of rotatable bonds is 9. The number of nitrogens with zero attached hydrogens (tertiary/aromatic N) is 3. The molecule has 136 valence electrons. The summed E-state index contributed by atoms with van der Waals surface area (Å²) in [6, 6.07) is 0. The fourth-order valence-corrected chi connectivity index (χ4v) is 2.57. The summed E-state index contributed by atoms with van der Waals surface area (Å²) in [7, 11) is 3.35. The lowest BCUT2D eigenvalue weighted by molar-refractivity contribution is -0.125. The highest BCUT2D eigenvalue weighted by molar-refractivity contribution is 5.76. The van der Waals surface area contributed by atoms with Gasteiger partial charge in [0, 0.05) is 26.4 Å². The predicted molar refractivity (Wildman–Crippen MR) is 83.0 cm³/mol. The van der Waals surface area contributed by atoms with E-state index in [1.807, 2.05) is 7.05 Å². The molecule has 0 aliphatic carbocycles. The van der Waals surface area contributed by atoms with Crippen LogP contribution in [-0.4, -0.2) is 82.8 Å². The van der Waals surface area contributed by atoms with Gasteiger partial charge in [-0.05, 0) is 7.05 Å². The topological polar surface area (TPSA) is 131 Å². The average Bonchev–Trinajstić information content (AvgIpc) is 3.09. The number of ether oxygens (including phenoxy) is 2. The largest absolute Gasteiger partial charge is 0.388 e. The first kappa shape index (κ1) is 18.7. The van der Waals surface area contributed by atoms with E-state index in [1.165, 1.54) is 0 Å². The van der Waals surface area contributed by atoms with E-state index in [4.69, 9.17) is 9.47 Å². The molecule has 1 aliphatic rings. The van der Waals surface area contributed by atoms with Crippen molar-refractivity contribution in [2.45, 2.75) is 43.9 Å². The van der Waals surface area contributed by atoms with Crippen molar-refractivity contribution >= 4 is 5.91 Å². The molecule has 4 atom stereocenters. The zero-order chi connectivity index (χ0) is 17.5. The molecule has 0 radical (unpaired) electrons. The molecule has 2 heterocycles. The number of methoxy groups -OCH3 is 1. The minimum Gasteiger partial charge on any atom is -0.388 e. The molecule has 1 fully saturated rings. The van der Waals surface area contributed by atoms with Crippen molar-refractivity contribution in [2.24, 2.45) is 0 Å². The molecule has 10 heteroatoms. The Balaban J connectivity index is 1.85. The summed E-state index contributed by atoms with van der Waals surface area (Å²) in [6.07, 6.45) is -1.90. The molecule has 10 nitrogen and oxygen atoms in total. The predicted octanol–water partition coefficient (Wildman–Crippen LogP) is -2.36. The number of aliphatic hydroxyl groups excluding tert-OH is 2. The summed E-state index contributed by atoms with van der Waals surface area (Å²) in [5.41, 5.74) is 0.764. The number of amides is 1. The lowest BCUT2D eigenvalue weighted by Crippen LogP contribution is -2.37. The minimum absolute atomic E-state index is 0.0270. The Hall–Kier alpha value is -1.59. The zero-order valence-corrected chi connectivity index (χ0v) is 13.9. The fourth-order valence-electron chi connectivity index (χ4n) is 2.57. The summed E-state index contributed by atoms with van der Waals surface area (Å²) in [6.45, 7) is 1.63. The van der Waals surface area contributed by atoms with Gasteiger partial charge in [-0.25, -0.2) is 4.68 Å². The zero-order valence-electron chi connectivity index (χ0n) is 13.9. The van der Waals surface area contributed by atoms with Gasteiger partial charge in [0.2, 0.25) is 5.91 Å². The summed E-state index contributed by atoms with van der Waals surface area (Å²) < 4.78 is 12.0. The summed E-state index contributed by atoms with van der Waals surface area (Å²) in [5.74, 6) is -0.263. The number of hydrogen-bond donors (Lipinski definition) is 4.